The van der Waals surface area contributed by atoms with Gasteiger partial charge in [0.25, 0.3) is 0 Å². The summed E-state index contributed by atoms with van der Waals surface area (Å²) < 4.78 is 18.4. The van der Waals surface area contributed by atoms with Crippen LogP contribution in [0.1, 0.15) is 31.9 Å². The molecule has 1 aromatic rings. The molecule has 0 unspecified atom stereocenters. The van der Waals surface area contributed by atoms with Gasteiger partial charge in [0.2, 0.25) is 0 Å². The molecule has 0 saturated heterocycles. The number of nitrogens with zero attached hydrogens (tertiary/aromatic N) is 2. The molecule has 6 nitrogen and oxygen atoms in total. The van der Waals surface area contributed by atoms with Gasteiger partial charge in [-0.3, -0.25) is 9.98 Å². The fourth-order valence-electron chi connectivity index (χ4n) is 2.03. The zero-order valence-electron chi connectivity index (χ0n) is 14.7. The topological polar surface area (TPSA) is 106 Å². The molecule has 0 bridgehead atoms. The first-order valence-electron chi connectivity index (χ1n) is 7.88. The molecule has 0 radical (unpaired) electrons. The van der Waals surface area contributed by atoms with Gasteiger partial charge in [0.05, 0.1) is 24.6 Å². The lowest BCUT2D eigenvalue weighted by Crippen LogP contribution is -2.07. The van der Waals surface area contributed by atoms with Crippen LogP contribution in [-0.2, 0) is 4.74 Å². The van der Waals surface area contributed by atoms with Crippen LogP contribution in [-0.4, -0.2) is 30.7 Å². The molecule has 0 fully saturated rings. The van der Waals surface area contributed by atoms with E-state index in [0.29, 0.717) is 29.9 Å². The third-order valence-electron chi connectivity index (χ3n) is 3.29. The van der Waals surface area contributed by atoms with E-state index in [1.807, 2.05) is 6.92 Å². The lowest BCUT2D eigenvalue weighted by Gasteiger charge is -2.11. The van der Waals surface area contributed by atoms with E-state index < -0.39 is 11.9 Å². The maximum absolute atomic E-state index is 13.5. The van der Waals surface area contributed by atoms with Crippen LogP contribution >= 0.6 is 0 Å². The fraction of sp³-hybridized carbons (Fsp3) is 0.333. The van der Waals surface area contributed by atoms with Crippen LogP contribution in [0.4, 0.5) is 10.1 Å². The molecule has 1 rings (SSSR count). The average Bonchev–Trinajstić information content (AvgIpc) is 2.59. The van der Waals surface area contributed by atoms with Crippen molar-refractivity contribution < 1.29 is 14.2 Å². The number of hydrogen-bond acceptors (Lipinski definition) is 6. The fourth-order valence-corrected chi connectivity index (χ4v) is 2.03. The highest BCUT2D eigenvalue weighted by Gasteiger charge is 2.11. The van der Waals surface area contributed by atoms with Crippen LogP contribution in [0.3, 0.4) is 0 Å². The molecule has 136 valence electrons. The molecule has 1 atom stereocenters. The van der Waals surface area contributed by atoms with Crippen LogP contribution in [0.5, 0.6) is 0 Å². The molecule has 0 spiro atoms. The number of aliphatic hydroxyl groups is 1. The van der Waals surface area contributed by atoms with Gasteiger partial charge < -0.3 is 21.3 Å². The molecule has 0 aliphatic rings. The van der Waals surface area contributed by atoms with Gasteiger partial charge in [-0.05, 0) is 43.8 Å². The Morgan fingerprint density at radius 1 is 1.44 bits per heavy atom. The Morgan fingerprint density at radius 2 is 2.16 bits per heavy atom. The number of methoxy groups -OCH3 is 1. The van der Waals surface area contributed by atoms with E-state index in [1.165, 1.54) is 31.5 Å². The maximum atomic E-state index is 13.5. The van der Waals surface area contributed by atoms with Crippen molar-refractivity contribution in [1.82, 2.24) is 0 Å². The van der Waals surface area contributed by atoms with Crippen LogP contribution in [0.25, 0.3) is 0 Å². The van der Waals surface area contributed by atoms with Crippen molar-refractivity contribution >= 4 is 17.6 Å². The van der Waals surface area contributed by atoms with Crippen molar-refractivity contribution in [2.45, 2.75) is 26.4 Å². The molecule has 5 N–H and O–H groups in total. The zero-order valence-corrected chi connectivity index (χ0v) is 14.7. The van der Waals surface area contributed by atoms with E-state index >= 15 is 0 Å². The Labute approximate surface area is 147 Å². The number of benzene rings is 1. The first-order valence-corrected chi connectivity index (χ1v) is 7.88. The third-order valence-corrected chi connectivity index (χ3v) is 3.29. The van der Waals surface area contributed by atoms with E-state index in [4.69, 9.17) is 16.2 Å². The molecule has 0 aliphatic heterocycles. The molecule has 25 heavy (non-hydrogen) atoms. The molecule has 0 saturated carbocycles. The van der Waals surface area contributed by atoms with Gasteiger partial charge >= 0.3 is 0 Å². The van der Waals surface area contributed by atoms with Gasteiger partial charge in [0, 0.05) is 30.8 Å². The number of ether oxygens (including phenoxy) is 1. The highest BCUT2D eigenvalue weighted by molar-refractivity contribution is 6.02. The summed E-state index contributed by atoms with van der Waals surface area (Å²) in [6, 6.07) is 4.03. The summed E-state index contributed by atoms with van der Waals surface area (Å²) in [4.78, 5) is 8.66. The van der Waals surface area contributed by atoms with E-state index in [0.717, 1.165) is 5.57 Å². The van der Waals surface area contributed by atoms with Crippen molar-refractivity contribution in [2.75, 3.05) is 13.7 Å². The second-order valence-corrected chi connectivity index (χ2v) is 5.28. The summed E-state index contributed by atoms with van der Waals surface area (Å²) in [7, 11) is 1.45. The van der Waals surface area contributed by atoms with Crippen molar-refractivity contribution in [2.24, 2.45) is 21.5 Å². The van der Waals surface area contributed by atoms with Crippen molar-refractivity contribution in [3.05, 3.63) is 53.3 Å². The van der Waals surface area contributed by atoms with Crippen LogP contribution in [0, 0.1) is 5.82 Å². The summed E-state index contributed by atoms with van der Waals surface area (Å²) >= 11 is 0. The van der Waals surface area contributed by atoms with E-state index in [2.05, 4.69) is 9.98 Å². The van der Waals surface area contributed by atoms with E-state index in [1.54, 1.807) is 19.2 Å². The maximum Gasteiger partial charge on any atom is 0.185 e. The van der Waals surface area contributed by atoms with Crippen molar-refractivity contribution in [3.8, 4) is 0 Å². The van der Waals surface area contributed by atoms with E-state index in [9.17, 15) is 9.50 Å². The van der Waals surface area contributed by atoms with E-state index in [-0.39, 0.29) is 5.88 Å². The molecule has 0 aliphatic carbocycles. The normalized spacial score (nSPS) is 14.8. The second-order valence-electron chi connectivity index (χ2n) is 5.28. The predicted molar refractivity (Wildman–Crippen MR) is 99.3 cm³/mol. The summed E-state index contributed by atoms with van der Waals surface area (Å²) in [6.45, 7) is 4.09. The van der Waals surface area contributed by atoms with Gasteiger partial charge in [-0.1, -0.05) is 0 Å². The smallest absolute Gasteiger partial charge is 0.185 e. The summed E-state index contributed by atoms with van der Waals surface area (Å²) in [5, 5.41) is 9.86. The van der Waals surface area contributed by atoms with Crippen LogP contribution in [0.2, 0.25) is 0 Å². The minimum atomic E-state index is -0.870. The van der Waals surface area contributed by atoms with Gasteiger partial charge in [-0.15, -0.1) is 0 Å². The molecule has 7 heteroatoms. The van der Waals surface area contributed by atoms with Crippen molar-refractivity contribution in [1.29, 1.82) is 0 Å². The van der Waals surface area contributed by atoms with Crippen molar-refractivity contribution in [3.63, 3.8) is 0 Å². The zero-order chi connectivity index (χ0) is 18.8. The molecule has 0 amide bonds. The standard InChI is InChI=1S/C18H25FN4O2/c1-4-22-11-13(10-20)7-15(9-18(21)25-3)23-17-6-5-14(19)8-16(17)12(2)24/h5-6,8-12,24H,4,7,20-21H2,1-3H3/t12-/m1/s1. The lowest BCUT2D eigenvalue weighted by atomic mass is 10.1. The third kappa shape index (κ3) is 6.76. The van der Waals surface area contributed by atoms with Gasteiger partial charge in [-0.2, -0.15) is 0 Å². The molecular weight excluding hydrogens is 323 g/mol. The Balaban J connectivity index is 3.33. The number of aliphatic imine (C=N–C) groups is 2. The monoisotopic (exact) mass is 348 g/mol. The lowest BCUT2D eigenvalue weighted by molar-refractivity contribution is 0.199. The number of halogens is 1. The van der Waals surface area contributed by atoms with Crippen LogP contribution in [0.15, 0.2) is 51.9 Å². The Kier molecular flexibility index (Phi) is 8.35. The number of hydrogen-bond donors (Lipinski definition) is 3. The van der Waals surface area contributed by atoms with Gasteiger partial charge in [0.15, 0.2) is 5.88 Å². The molecule has 1 aromatic carbocycles. The second kappa shape index (κ2) is 10.2. The minimum Gasteiger partial charge on any atom is -0.483 e. The molecular formula is C18H25FN4O2. The Hall–Kier alpha value is -2.67. The molecule has 0 aromatic heterocycles. The number of nitrogens with two attached hydrogens (primary N) is 2. The SMILES string of the molecule is CCN=CC(=CN)CC(C=C(N)OC)=Nc1ccc(F)cc1[C@@H](C)O. The predicted octanol–water partition coefficient (Wildman–Crippen LogP) is 2.72. The van der Waals surface area contributed by atoms with Gasteiger partial charge in [0.1, 0.15) is 5.82 Å². The van der Waals surface area contributed by atoms with Gasteiger partial charge in [-0.25, -0.2) is 4.39 Å². The first-order chi connectivity index (χ1) is 11.9. The largest absolute Gasteiger partial charge is 0.483 e. The highest BCUT2D eigenvalue weighted by atomic mass is 19.1. The number of rotatable bonds is 8. The highest BCUT2D eigenvalue weighted by Crippen LogP contribution is 2.27. The Morgan fingerprint density at radius 3 is 2.72 bits per heavy atom. The Bertz CT molecular complexity index is 694. The van der Waals surface area contributed by atoms with Crippen LogP contribution < -0.4 is 11.5 Å². The summed E-state index contributed by atoms with van der Waals surface area (Å²) in [5.41, 5.74) is 13.5. The average molecular weight is 348 g/mol. The molecule has 0 heterocycles. The first kappa shape index (κ1) is 20.4. The summed E-state index contributed by atoms with van der Waals surface area (Å²) in [6.07, 6.45) is 4.13. The summed E-state index contributed by atoms with van der Waals surface area (Å²) in [5.74, 6) is -0.274. The minimum absolute atomic E-state index is 0.170. The number of aliphatic hydroxyl groups excluding tert-OH is 1. The number of allylic oxidation sites excluding steroid dienone is 2. The quantitative estimate of drug-likeness (QED) is 0.496.